The lowest BCUT2D eigenvalue weighted by Crippen LogP contribution is -2.31. The summed E-state index contributed by atoms with van der Waals surface area (Å²) >= 11 is 1.56. The quantitative estimate of drug-likeness (QED) is 0.791. The number of carbonyl (C=O) groups is 2. The van der Waals surface area contributed by atoms with Crippen LogP contribution in [0.5, 0.6) is 0 Å². The summed E-state index contributed by atoms with van der Waals surface area (Å²) in [6.45, 7) is 6.34. The van der Waals surface area contributed by atoms with E-state index in [1.807, 2.05) is 12.3 Å². The van der Waals surface area contributed by atoms with Gasteiger partial charge in [0, 0.05) is 30.2 Å². The van der Waals surface area contributed by atoms with Crippen molar-refractivity contribution in [1.82, 2.24) is 15.2 Å². The number of carbonyl (C=O) groups excluding carboxylic acids is 2. The average molecular weight is 344 g/mol. The summed E-state index contributed by atoms with van der Waals surface area (Å²) in [5, 5.41) is 8.41. The fourth-order valence-corrected chi connectivity index (χ4v) is 2.59. The highest BCUT2D eigenvalue weighted by molar-refractivity contribution is 7.09. The van der Waals surface area contributed by atoms with E-state index in [-0.39, 0.29) is 11.9 Å². The van der Waals surface area contributed by atoms with Crippen molar-refractivity contribution in [2.75, 3.05) is 18.9 Å². The molecule has 1 aromatic carbocycles. The number of hydrogen-bond donors (Lipinski definition) is 2. The van der Waals surface area contributed by atoms with Gasteiger partial charge < -0.3 is 15.5 Å². The first-order valence-corrected chi connectivity index (χ1v) is 8.30. The van der Waals surface area contributed by atoms with Crippen LogP contribution < -0.4 is 10.6 Å². The van der Waals surface area contributed by atoms with Crippen LogP contribution >= 0.6 is 11.3 Å². The van der Waals surface area contributed by atoms with Crippen LogP contribution in [0.2, 0.25) is 0 Å². The lowest BCUT2D eigenvalue weighted by molar-refractivity contribution is 0.0958. The van der Waals surface area contributed by atoms with E-state index in [0.717, 1.165) is 10.7 Å². The van der Waals surface area contributed by atoms with Crippen molar-refractivity contribution in [3.8, 4) is 0 Å². The van der Waals surface area contributed by atoms with Crippen molar-refractivity contribution in [3.05, 3.63) is 58.6 Å². The first-order valence-electron chi connectivity index (χ1n) is 7.42. The number of amides is 3. The van der Waals surface area contributed by atoms with E-state index >= 15 is 0 Å². The molecule has 2 aromatic rings. The number of urea groups is 1. The Bertz CT molecular complexity index is 724. The van der Waals surface area contributed by atoms with Crippen molar-refractivity contribution >= 4 is 29.0 Å². The van der Waals surface area contributed by atoms with Crippen LogP contribution in [0.3, 0.4) is 0 Å². The van der Waals surface area contributed by atoms with Crippen molar-refractivity contribution in [2.45, 2.75) is 13.5 Å². The van der Waals surface area contributed by atoms with Crippen LogP contribution in [0.15, 0.2) is 42.3 Å². The second-order valence-electron chi connectivity index (χ2n) is 5.22. The van der Waals surface area contributed by atoms with Crippen molar-refractivity contribution < 1.29 is 9.59 Å². The Morgan fingerprint density at radius 1 is 1.33 bits per heavy atom. The van der Waals surface area contributed by atoms with E-state index in [2.05, 4.69) is 22.2 Å². The molecule has 0 bridgehead atoms. The summed E-state index contributed by atoms with van der Waals surface area (Å²) < 4.78 is 0. The molecule has 126 valence electrons. The van der Waals surface area contributed by atoms with Gasteiger partial charge in [0.1, 0.15) is 0 Å². The molecule has 0 radical (unpaired) electrons. The number of nitrogens with one attached hydrogen (secondary N) is 2. The van der Waals surface area contributed by atoms with Gasteiger partial charge in [0.05, 0.1) is 17.2 Å². The molecule has 3 amide bonds. The third-order valence-corrected chi connectivity index (χ3v) is 4.04. The molecule has 0 aliphatic heterocycles. The standard InChI is InChI=1S/C17H20N4O2S/c1-4-9-18-16(22)13-5-7-14(8-6-13)20-17(23)21(3)10-15-11-24-12(2)19-15/h4-8,11H,1,9-10H2,2-3H3,(H,18,22)(H,20,23). The summed E-state index contributed by atoms with van der Waals surface area (Å²) in [4.78, 5) is 29.9. The highest BCUT2D eigenvalue weighted by Gasteiger charge is 2.11. The molecule has 24 heavy (non-hydrogen) atoms. The number of aromatic nitrogens is 1. The number of aryl methyl sites for hydroxylation is 1. The molecule has 7 heteroatoms. The fourth-order valence-electron chi connectivity index (χ4n) is 1.99. The van der Waals surface area contributed by atoms with Crippen molar-refractivity contribution in [2.24, 2.45) is 0 Å². The number of hydrogen-bond acceptors (Lipinski definition) is 4. The maximum Gasteiger partial charge on any atom is 0.321 e. The average Bonchev–Trinajstić information content (AvgIpc) is 2.98. The Morgan fingerprint density at radius 3 is 2.62 bits per heavy atom. The minimum absolute atomic E-state index is 0.177. The lowest BCUT2D eigenvalue weighted by Gasteiger charge is -2.17. The molecule has 2 rings (SSSR count). The molecule has 0 aliphatic carbocycles. The third kappa shape index (κ3) is 4.92. The monoisotopic (exact) mass is 344 g/mol. The number of nitrogens with zero attached hydrogens (tertiary/aromatic N) is 2. The summed E-state index contributed by atoms with van der Waals surface area (Å²) in [6.07, 6.45) is 1.62. The van der Waals surface area contributed by atoms with E-state index in [1.54, 1.807) is 53.6 Å². The van der Waals surface area contributed by atoms with E-state index in [0.29, 0.717) is 24.3 Å². The Labute approximate surface area is 145 Å². The molecule has 0 unspecified atom stereocenters. The van der Waals surface area contributed by atoms with Gasteiger partial charge in [-0.1, -0.05) is 6.08 Å². The zero-order valence-electron chi connectivity index (χ0n) is 13.7. The van der Waals surface area contributed by atoms with Gasteiger partial charge in [-0.3, -0.25) is 4.79 Å². The number of thiazole rings is 1. The molecule has 6 nitrogen and oxygen atoms in total. The summed E-state index contributed by atoms with van der Waals surface area (Å²) in [5.41, 5.74) is 2.02. The molecule has 1 heterocycles. The lowest BCUT2D eigenvalue weighted by atomic mass is 10.2. The van der Waals surface area contributed by atoms with Crippen LogP contribution in [0.25, 0.3) is 0 Å². The topological polar surface area (TPSA) is 74.3 Å². The second-order valence-corrected chi connectivity index (χ2v) is 6.28. The van der Waals surface area contributed by atoms with Gasteiger partial charge in [-0.25, -0.2) is 9.78 Å². The zero-order chi connectivity index (χ0) is 17.5. The number of anilines is 1. The number of benzene rings is 1. The summed E-state index contributed by atoms with van der Waals surface area (Å²) in [7, 11) is 1.71. The normalized spacial score (nSPS) is 10.1. The van der Waals surface area contributed by atoms with E-state index in [1.165, 1.54) is 0 Å². The molecule has 0 saturated heterocycles. The Balaban J connectivity index is 1.91. The predicted molar refractivity (Wildman–Crippen MR) is 96.3 cm³/mol. The van der Waals surface area contributed by atoms with Crippen LogP contribution in [0, 0.1) is 6.92 Å². The molecular formula is C17H20N4O2S. The molecular weight excluding hydrogens is 324 g/mol. The van der Waals surface area contributed by atoms with Gasteiger partial charge in [-0.15, -0.1) is 17.9 Å². The largest absolute Gasteiger partial charge is 0.349 e. The van der Waals surface area contributed by atoms with Gasteiger partial charge in [-0.05, 0) is 31.2 Å². The smallest absolute Gasteiger partial charge is 0.321 e. The van der Waals surface area contributed by atoms with Crippen LogP contribution in [-0.2, 0) is 6.54 Å². The van der Waals surface area contributed by atoms with Gasteiger partial charge in [0.2, 0.25) is 0 Å². The van der Waals surface area contributed by atoms with Crippen LogP contribution in [0.1, 0.15) is 21.1 Å². The molecule has 0 fully saturated rings. The molecule has 0 atom stereocenters. The maximum atomic E-state index is 12.2. The highest BCUT2D eigenvalue weighted by Crippen LogP contribution is 2.13. The molecule has 0 saturated carbocycles. The highest BCUT2D eigenvalue weighted by atomic mass is 32.1. The minimum Gasteiger partial charge on any atom is -0.349 e. The molecule has 0 aliphatic rings. The van der Waals surface area contributed by atoms with Gasteiger partial charge in [0.15, 0.2) is 0 Å². The Kier molecular flexibility index (Phi) is 6.08. The predicted octanol–water partition coefficient (Wildman–Crippen LogP) is 3.03. The van der Waals surface area contributed by atoms with Gasteiger partial charge in [0.25, 0.3) is 5.91 Å². The first-order chi connectivity index (χ1) is 11.5. The fraction of sp³-hybridized carbons (Fsp3) is 0.235. The summed E-state index contributed by atoms with van der Waals surface area (Å²) in [5.74, 6) is -0.177. The van der Waals surface area contributed by atoms with E-state index in [9.17, 15) is 9.59 Å². The minimum atomic E-state index is -0.232. The first kappa shape index (κ1) is 17.7. The zero-order valence-corrected chi connectivity index (χ0v) is 14.5. The van der Waals surface area contributed by atoms with Crippen LogP contribution in [-0.4, -0.2) is 35.4 Å². The Morgan fingerprint density at radius 2 is 2.04 bits per heavy atom. The molecule has 1 aromatic heterocycles. The number of rotatable bonds is 6. The molecule has 0 spiro atoms. The second kappa shape index (κ2) is 8.26. The van der Waals surface area contributed by atoms with Crippen molar-refractivity contribution in [3.63, 3.8) is 0 Å². The summed E-state index contributed by atoms with van der Waals surface area (Å²) in [6, 6.07) is 6.49. The van der Waals surface area contributed by atoms with Crippen molar-refractivity contribution in [1.29, 1.82) is 0 Å². The van der Waals surface area contributed by atoms with E-state index < -0.39 is 0 Å². The Hall–Kier alpha value is -2.67. The maximum absolute atomic E-state index is 12.2. The molecule has 2 N–H and O–H groups in total. The van der Waals surface area contributed by atoms with Gasteiger partial charge in [-0.2, -0.15) is 0 Å². The third-order valence-electron chi connectivity index (χ3n) is 3.22. The SMILES string of the molecule is C=CCNC(=O)c1ccc(NC(=O)N(C)Cc2csc(C)n2)cc1. The van der Waals surface area contributed by atoms with Crippen LogP contribution in [0.4, 0.5) is 10.5 Å². The van der Waals surface area contributed by atoms with Gasteiger partial charge >= 0.3 is 6.03 Å². The van der Waals surface area contributed by atoms with E-state index in [4.69, 9.17) is 0 Å².